The average Bonchev–Trinajstić information content (AvgIpc) is 2.64. The summed E-state index contributed by atoms with van der Waals surface area (Å²) in [6, 6.07) is 7.98. The summed E-state index contributed by atoms with van der Waals surface area (Å²) in [5, 5.41) is 22.3. The quantitative estimate of drug-likeness (QED) is 0.322. The highest BCUT2D eigenvalue weighted by molar-refractivity contribution is 6.09. The van der Waals surface area contributed by atoms with Crippen molar-refractivity contribution in [2.45, 2.75) is 0 Å². The molecule has 2 aromatic carbocycles. The molecule has 0 aliphatic carbocycles. The summed E-state index contributed by atoms with van der Waals surface area (Å²) >= 11 is 0. The Balaban J connectivity index is 2.46. The zero-order valence-electron chi connectivity index (χ0n) is 13.9. The van der Waals surface area contributed by atoms with Crippen LogP contribution in [0.5, 0.6) is 11.5 Å². The molecule has 0 bridgehead atoms. The summed E-state index contributed by atoms with van der Waals surface area (Å²) in [4.78, 5) is 33.2. The van der Waals surface area contributed by atoms with Gasteiger partial charge in [0.25, 0.3) is 11.4 Å². The monoisotopic (exact) mass is 358 g/mol. The number of hydrogen-bond acceptors (Lipinski definition) is 7. The Kier molecular flexibility index (Phi) is 5.63. The zero-order valence-corrected chi connectivity index (χ0v) is 13.9. The molecule has 0 spiro atoms. The number of nitrogens with zero attached hydrogens (tertiary/aromatic N) is 2. The SMILES string of the molecule is COc1cc(/C=C/C(=O)c2ccccc2[N+](=O)[O-])c([N+](=O)[O-])cc1OC. The number of nitro groups is 2. The number of nitro benzene ring substituents is 2. The van der Waals surface area contributed by atoms with Crippen molar-refractivity contribution in [3.63, 3.8) is 0 Å². The molecular formula is C17H14N2O7. The maximum atomic E-state index is 12.3. The molecule has 0 N–H and O–H groups in total. The van der Waals surface area contributed by atoms with Crippen LogP contribution in [0.15, 0.2) is 42.5 Å². The van der Waals surface area contributed by atoms with E-state index >= 15 is 0 Å². The lowest BCUT2D eigenvalue weighted by Crippen LogP contribution is -2.01. The van der Waals surface area contributed by atoms with E-state index in [1.54, 1.807) is 0 Å². The largest absolute Gasteiger partial charge is 0.493 e. The Labute approximate surface area is 147 Å². The smallest absolute Gasteiger partial charge is 0.280 e. The van der Waals surface area contributed by atoms with Crippen LogP contribution in [0.4, 0.5) is 11.4 Å². The molecule has 9 nitrogen and oxygen atoms in total. The molecule has 0 saturated carbocycles. The Morgan fingerprint density at radius 2 is 1.54 bits per heavy atom. The fourth-order valence-corrected chi connectivity index (χ4v) is 2.27. The van der Waals surface area contributed by atoms with Crippen molar-refractivity contribution in [3.8, 4) is 11.5 Å². The van der Waals surface area contributed by atoms with Gasteiger partial charge >= 0.3 is 0 Å². The van der Waals surface area contributed by atoms with Crippen molar-refractivity contribution < 1.29 is 24.1 Å². The van der Waals surface area contributed by atoms with E-state index < -0.39 is 15.6 Å². The Hall–Kier alpha value is -3.75. The molecule has 2 aromatic rings. The van der Waals surface area contributed by atoms with E-state index in [2.05, 4.69) is 0 Å². The van der Waals surface area contributed by atoms with Crippen molar-refractivity contribution in [3.05, 3.63) is 73.8 Å². The first-order valence-corrected chi connectivity index (χ1v) is 7.25. The van der Waals surface area contributed by atoms with Crippen molar-refractivity contribution in [2.75, 3.05) is 14.2 Å². The molecule has 0 fully saturated rings. The first-order valence-electron chi connectivity index (χ1n) is 7.25. The predicted molar refractivity (Wildman–Crippen MR) is 92.7 cm³/mol. The van der Waals surface area contributed by atoms with Crippen LogP contribution in [0.3, 0.4) is 0 Å². The number of hydrogen-bond donors (Lipinski definition) is 0. The number of rotatable bonds is 7. The Morgan fingerprint density at radius 3 is 2.12 bits per heavy atom. The van der Waals surface area contributed by atoms with Gasteiger partial charge < -0.3 is 9.47 Å². The van der Waals surface area contributed by atoms with Crippen LogP contribution in [-0.4, -0.2) is 29.8 Å². The van der Waals surface area contributed by atoms with E-state index in [4.69, 9.17) is 9.47 Å². The molecule has 0 aliphatic heterocycles. The van der Waals surface area contributed by atoms with E-state index in [-0.39, 0.29) is 34.0 Å². The van der Waals surface area contributed by atoms with E-state index in [0.29, 0.717) is 0 Å². The van der Waals surface area contributed by atoms with E-state index in [0.717, 1.165) is 6.08 Å². The second kappa shape index (κ2) is 7.88. The lowest BCUT2D eigenvalue weighted by atomic mass is 10.1. The Morgan fingerprint density at radius 1 is 0.962 bits per heavy atom. The lowest BCUT2D eigenvalue weighted by Gasteiger charge is -2.08. The average molecular weight is 358 g/mol. The second-order valence-electron chi connectivity index (χ2n) is 4.99. The molecule has 0 aliphatic rings. The third kappa shape index (κ3) is 3.83. The van der Waals surface area contributed by atoms with Crippen LogP contribution in [0, 0.1) is 20.2 Å². The predicted octanol–water partition coefficient (Wildman–Crippen LogP) is 3.42. The minimum atomic E-state index is -0.667. The summed E-state index contributed by atoms with van der Waals surface area (Å²) < 4.78 is 10.1. The number of carbonyl (C=O) groups is 1. The molecule has 134 valence electrons. The molecule has 0 radical (unpaired) electrons. The normalized spacial score (nSPS) is 10.5. The van der Waals surface area contributed by atoms with Gasteiger partial charge in [-0.25, -0.2) is 0 Å². The first-order chi connectivity index (χ1) is 12.4. The van der Waals surface area contributed by atoms with Crippen LogP contribution in [0.2, 0.25) is 0 Å². The minimum absolute atomic E-state index is 0.0968. The fourth-order valence-electron chi connectivity index (χ4n) is 2.27. The molecular weight excluding hydrogens is 344 g/mol. The third-order valence-corrected chi connectivity index (χ3v) is 3.51. The summed E-state index contributed by atoms with van der Waals surface area (Å²) in [6.45, 7) is 0. The minimum Gasteiger partial charge on any atom is -0.493 e. The number of benzene rings is 2. The molecule has 2 rings (SSSR count). The van der Waals surface area contributed by atoms with Crippen LogP contribution < -0.4 is 9.47 Å². The fraction of sp³-hybridized carbons (Fsp3) is 0.118. The number of para-hydroxylation sites is 1. The summed E-state index contributed by atoms with van der Waals surface area (Å²) in [7, 11) is 2.71. The van der Waals surface area contributed by atoms with Crippen molar-refractivity contribution in [1.82, 2.24) is 0 Å². The van der Waals surface area contributed by atoms with Gasteiger partial charge in [0.1, 0.15) is 0 Å². The van der Waals surface area contributed by atoms with Crippen molar-refractivity contribution in [2.24, 2.45) is 0 Å². The summed E-state index contributed by atoms with van der Waals surface area (Å²) in [5.41, 5.74) is -0.658. The van der Waals surface area contributed by atoms with Gasteiger partial charge in [-0.3, -0.25) is 25.0 Å². The van der Waals surface area contributed by atoms with Gasteiger partial charge in [-0.2, -0.15) is 0 Å². The molecule has 0 atom stereocenters. The number of ketones is 1. The maximum absolute atomic E-state index is 12.3. The molecule has 0 heterocycles. The van der Waals surface area contributed by atoms with Gasteiger partial charge in [0.05, 0.1) is 41.3 Å². The molecule has 0 saturated heterocycles. The number of carbonyl (C=O) groups excluding carboxylic acids is 1. The highest BCUT2D eigenvalue weighted by Gasteiger charge is 2.20. The van der Waals surface area contributed by atoms with E-state index in [1.807, 2.05) is 0 Å². The summed E-state index contributed by atoms with van der Waals surface area (Å²) in [5.74, 6) is -0.237. The van der Waals surface area contributed by atoms with Crippen molar-refractivity contribution >= 4 is 23.2 Å². The van der Waals surface area contributed by atoms with E-state index in [1.165, 1.54) is 56.7 Å². The van der Waals surface area contributed by atoms with Crippen LogP contribution in [-0.2, 0) is 0 Å². The lowest BCUT2D eigenvalue weighted by molar-refractivity contribution is -0.385. The van der Waals surface area contributed by atoms with Gasteiger partial charge in [0.2, 0.25) is 0 Å². The molecule has 0 aromatic heterocycles. The standard InChI is InChI=1S/C17H14N2O7/c1-25-16-9-11(14(19(23)24)10-17(16)26-2)7-8-15(20)12-5-3-4-6-13(12)18(21)22/h3-10H,1-2H3/b8-7+. The second-order valence-corrected chi connectivity index (χ2v) is 4.99. The zero-order chi connectivity index (χ0) is 19.3. The third-order valence-electron chi connectivity index (χ3n) is 3.51. The van der Waals surface area contributed by atoms with Gasteiger partial charge in [-0.15, -0.1) is 0 Å². The highest BCUT2D eigenvalue weighted by Crippen LogP contribution is 2.35. The summed E-state index contributed by atoms with van der Waals surface area (Å²) in [6.07, 6.45) is 2.25. The number of ether oxygens (including phenoxy) is 2. The first kappa shape index (κ1) is 18.6. The molecule has 9 heteroatoms. The number of methoxy groups -OCH3 is 2. The van der Waals surface area contributed by atoms with Gasteiger partial charge in [0, 0.05) is 6.07 Å². The number of allylic oxidation sites excluding steroid dienone is 1. The molecule has 26 heavy (non-hydrogen) atoms. The van der Waals surface area contributed by atoms with Crippen LogP contribution in [0.25, 0.3) is 6.08 Å². The van der Waals surface area contributed by atoms with Crippen molar-refractivity contribution in [1.29, 1.82) is 0 Å². The molecule has 0 amide bonds. The van der Waals surface area contributed by atoms with Gasteiger partial charge in [-0.1, -0.05) is 12.1 Å². The van der Waals surface area contributed by atoms with Gasteiger partial charge in [-0.05, 0) is 24.3 Å². The van der Waals surface area contributed by atoms with Crippen LogP contribution >= 0.6 is 0 Å². The molecule has 0 unspecified atom stereocenters. The maximum Gasteiger partial charge on any atom is 0.280 e. The Bertz CT molecular complexity index is 906. The van der Waals surface area contributed by atoms with Gasteiger partial charge in [0.15, 0.2) is 17.3 Å². The highest BCUT2D eigenvalue weighted by atomic mass is 16.6. The van der Waals surface area contributed by atoms with E-state index in [9.17, 15) is 25.0 Å². The van der Waals surface area contributed by atoms with Crippen LogP contribution in [0.1, 0.15) is 15.9 Å². The topological polar surface area (TPSA) is 122 Å².